The fourth-order valence-electron chi connectivity index (χ4n) is 2.16. The Morgan fingerprint density at radius 1 is 1.20 bits per heavy atom. The summed E-state index contributed by atoms with van der Waals surface area (Å²) in [5, 5.41) is 0.754. The molecule has 1 amide bonds. The Labute approximate surface area is 137 Å². The first-order valence-corrected chi connectivity index (χ1v) is 6.51. The molecule has 2 N–H and O–H groups in total. The van der Waals surface area contributed by atoms with E-state index in [1.165, 1.54) is 0 Å². The standard InChI is InChI=1S/C13H18ClN3O.2ClH/c1-10(15)13(18)17-8-6-16(7-9-17)12-5-3-2-4-11(12)14;;/h2-5,10H,6-9,15H2,1H3;2*1H/t10-;;/m0../s1. The summed E-state index contributed by atoms with van der Waals surface area (Å²) in [7, 11) is 0. The van der Waals surface area contributed by atoms with Gasteiger partial charge in [0.1, 0.15) is 0 Å². The van der Waals surface area contributed by atoms with E-state index in [9.17, 15) is 4.79 Å². The number of hydrogen-bond acceptors (Lipinski definition) is 3. The molecule has 0 aliphatic carbocycles. The van der Waals surface area contributed by atoms with Crippen LogP contribution in [0.1, 0.15) is 6.92 Å². The highest BCUT2D eigenvalue weighted by Gasteiger charge is 2.23. The molecule has 0 unspecified atom stereocenters. The average Bonchev–Trinajstić information content (AvgIpc) is 2.38. The van der Waals surface area contributed by atoms with Crippen LogP contribution in [-0.4, -0.2) is 43.0 Å². The quantitative estimate of drug-likeness (QED) is 0.898. The van der Waals surface area contributed by atoms with Crippen molar-refractivity contribution >= 4 is 48.0 Å². The maximum Gasteiger partial charge on any atom is 0.239 e. The van der Waals surface area contributed by atoms with Crippen LogP contribution in [-0.2, 0) is 4.79 Å². The van der Waals surface area contributed by atoms with Crippen LogP contribution in [0.4, 0.5) is 5.69 Å². The number of rotatable bonds is 2. The number of benzene rings is 1. The Morgan fingerprint density at radius 2 is 1.75 bits per heavy atom. The van der Waals surface area contributed by atoms with Crippen molar-refractivity contribution in [3.63, 3.8) is 0 Å². The van der Waals surface area contributed by atoms with E-state index in [0.29, 0.717) is 13.1 Å². The van der Waals surface area contributed by atoms with Crippen molar-refractivity contribution in [1.29, 1.82) is 0 Å². The van der Waals surface area contributed by atoms with Crippen LogP contribution in [0.3, 0.4) is 0 Å². The van der Waals surface area contributed by atoms with Gasteiger partial charge in [0, 0.05) is 26.2 Å². The smallest absolute Gasteiger partial charge is 0.239 e. The van der Waals surface area contributed by atoms with E-state index < -0.39 is 6.04 Å². The predicted octanol–water partition coefficient (Wildman–Crippen LogP) is 2.18. The van der Waals surface area contributed by atoms with E-state index in [0.717, 1.165) is 23.8 Å². The zero-order valence-electron chi connectivity index (χ0n) is 11.3. The van der Waals surface area contributed by atoms with Crippen LogP contribution < -0.4 is 10.6 Å². The molecule has 7 heteroatoms. The van der Waals surface area contributed by atoms with Crippen molar-refractivity contribution in [1.82, 2.24) is 4.90 Å². The third kappa shape index (κ3) is 4.42. The zero-order chi connectivity index (χ0) is 13.1. The van der Waals surface area contributed by atoms with Crippen molar-refractivity contribution in [3.8, 4) is 0 Å². The summed E-state index contributed by atoms with van der Waals surface area (Å²) in [5.41, 5.74) is 6.65. The Morgan fingerprint density at radius 3 is 2.25 bits per heavy atom. The van der Waals surface area contributed by atoms with Gasteiger partial charge < -0.3 is 15.5 Å². The third-order valence-electron chi connectivity index (χ3n) is 3.17. The summed E-state index contributed by atoms with van der Waals surface area (Å²) >= 11 is 6.16. The number of nitrogens with zero attached hydrogens (tertiary/aromatic N) is 2. The second-order valence-corrected chi connectivity index (χ2v) is 4.96. The largest absolute Gasteiger partial charge is 0.367 e. The summed E-state index contributed by atoms with van der Waals surface area (Å²) < 4.78 is 0. The summed E-state index contributed by atoms with van der Waals surface area (Å²) in [5.74, 6) is 0.0220. The lowest BCUT2D eigenvalue weighted by Crippen LogP contribution is -2.52. The predicted molar refractivity (Wildman–Crippen MR) is 88.4 cm³/mol. The SMILES string of the molecule is C[C@H](N)C(=O)N1CCN(c2ccccc2Cl)CC1.Cl.Cl. The lowest BCUT2D eigenvalue weighted by Gasteiger charge is -2.37. The van der Waals surface area contributed by atoms with Crippen molar-refractivity contribution in [3.05, 3.63) is 29.3 Å². The van der Waals surface area contributed by atoms with Gasteiger partial charge in [0.25, 0.3) is 0 Å². The van der Waals surface area contributed by atoms with Crippen molar-refractivity contribution in [2.24, 2.45) is 5.73 Å². The number of piperazine rings is 1. The first-order valence-electron chi connectivity index (χ1n) is 6.13. The van der Waals surface area contributed by atoms with E-state index >= 15 is 0 Å². The second-order valence-electron chi connectivity index (χ2n) is 4.55. The first kappa shape index (κ1) is 19.3. The van der Waals surface area contributed by atoms with E-state index in [1.54, 1.807) is 6.92 Å². The number of carbonyl (C=O) groups excluding carboxylic acids is 1. The highest BCUT2D eigenvalue weighted by Crippen LogP contribution is 2.25. The molecule has 0 aromatic heterocycles. The number of halogens is 3. The normalized spacial score (nSPS) is 15.9. The minimum Gasteiger partial charge on any atom is -0.367 e. The van der Waals surface area contributed by atoms with Gasteiger partial charge in [-0.2, -0.15) is 0 Å². The van der Waals surface area contributed by atoms with E-state index in [4.69, 9.17) is 17.3 Å². The molecule has 0 saturated carbocycles. The summed E-state index contributed by atoms with van der Waals surface area (Å²) in [6, 6.07) is 7.36. The highest BCUT2D eigenvalue weighted by atomic mass is 35.5. The van der Waals surface area contributed by atoms with Crippen LogP contribution in [0.15, 0.2) is 24.3 Å². The number of para-hydroxylation sites is 1. The van der Waals surface area contributed by atoms with Gasteiger partial charge in [-0.25, -0.2) is 0 Å². The topological polar surface area (TPSA) is 49.6 Å². The zero-order valence-corrected chi connectivity index (χ0v) is 13.7. The van der Waals surface area contributed by atoms with Gasteiger partial charge in [0.2, 0.25) is 5.91 Å². The van der Waals surface area contributed by atoms with Gasteiger partial charge in [-0.3, -0.25) is 4.79 Å². The van der Waals surface area contributed by atoms with E-state index in [-0.39, 0.29) is 30.7 Å². The van der Waals surface area contributed by atoms with Gasteiger partial charge in [-0.05, 0) is 19.1 Å². The molecule has 1 heterocycles. The van der Waals surface area contributed by atoms with Crippen LogP contribution in [0.25, 0.3) is 0 Å². The van der Waals surface area contributed by atoms with Crippen molar-refractivity contribution < 1.29 is 4.79 Å². The van der Waals surface area contributed by atoms with Crippen LogP contribution in [0.2, 0.25) is 5.02 Å². The molecule has 0 radical (unpaired) electrons. The van der Waals surface area contributed by atoms with Gasteiger partial charge in [0.15, 0.2) is 0 Å². The van der Waals surface area contributed by atoms with Gasteiger partial charge in [0.05, 0.1) is 16.8 Å². The molecule has 20 heavy (non-hydrogen) atoms. The summed E-state index contributed by atoms with van der Waals surface area (Å²) in [6.07, 6.45) is 0. The Balaban J connectivity index is 0.00000180. The lowest BCUT2D eigenvalue weighted by molar-refractivity contribution is -0.132. The van der Waals surface area contributed by atoms with Crippen LogP contribution in [0, 0.1) is 0 Å². The number of carbonyl (C=O) groups is 1. The molecule has 4 nitrogen and oxygen atoms in total. The van der Waals surface area contributed by atoms with E-state index in [2.05, 4.69) is 4.90 Å². The van der Waals surface area contributed by atoms with Gasteiger partial charge >= 0.3 is 0 Å². The fraction of sp³-hybridized carbons (Fsp3) is 0.462. The van der Waals surface area contributed by atoms with Crippen molar-refractivity contribution in [2.45, 2.75) is 13.0 Å². The molecular formula is C13H20Cl3N3O. The number of hydrogen-bond donors (Lipinski definition) is 1. The molecule has 1 saturated heterocycles. The van der Waals surface area contributed by atoms with Crippen LogP contribution >= 0.6 is 36.4 Å². The molecule has 1 aromatic carbocycles. The molecule has 114 valence electrons. The Hall–Kier alpha value is -0.680. The third-order valence-corrected chi connectivity index (χ3v) is 3.49. The molecule has 1 fully saturated rings. The highest BCUT2D eigenvalue weighted by molar-refractivity contribution is 6.33. The molecule has 1 aliphatic heterocycles. The molecule has 2 rings (SSSR count). The molecule has 0 spiro atoms. The summed E-state index contributed by atoms with van der Waals surface area (Å²) in [6.45, 7) is 4.71. The fourth-order valence-corrected chi connectivity index (χ4v) is 2.42. The monoisotopic (exact) mass is 339 g/mol. The van der Waals surface area contributed by atoms with E-state index in [1.807, 2.05) is 29.2 Å². The minimum absolute atomic E-state index is 0. The summed E-state index contributed by atoms with van der Waals surface area (Å²) in [4.78, 5) is 15.8. The number of amides is 1. The average molecular weight is 341 g/mol. The maximum absolute atomic E-state index is 11.8. The van der Waals surface area contributed by atoms with Crippen LogP contribution in [0.5, 0.6) is 0 Å². The molecule has 1 aromatic rings. The molecule has 1 aliphatic rings. The lowest BCUT2D eigenvalue weighted by atomic mass is 10.2. The molecule has 1 atom stereocenters. The number of anilines is 1. The maximum atomic E-state index is 11.8. The van der Waals surface area contributed by atoms with Gasteiger partial charge in [-0.1, -0.05) is 23.7 Å². The molecule has 0 bridgehead atoms. The Kier molecular flexibility index (Phi) is 8.28. The number of nitrogens with two attached hydrogens (primary N) is 1. The van der Waals surface area contributed by atoms with Gasteiger partial charge in [-0.15, -0.1) is 24.8 Å². The van der Waals surface area contributed by atoms with Crippen molar-refractivity contribution in [2.75, 3.05) is 31.1 Å². The Bertz CT molecular complexity index is 435. The minimum atomic E-state index is -0.420. The first-order chi connectivity index (χ1) is 8.59. The second kappa shape index (κ2) is 8.57. The molecular weight excluding hydrogens is 321 g/mol.